The van der Waals surface area contributed by atoms with E-state index in [9.17, 15) is 4.79 Å². The number of hydrogen-bond donors (Lipinski definition) is 1. The molecule has 0 atom stereocenters. The van der Waals surface area contributed by atoms with Crippen molar-refractivity contribution in [2.24, 2.45) is 5.73 Å². The fourth-order valence-electron chi connectivity index (χ4n) is 2.39. The van der Waals surface area contributed by atoms with Crippen LogP contribution in [-0.4, -0.2) is 48.7 Å². The molecule has 0 spiro atoms. The summed E-state index contributed by atoms with van der Waals surface area (Å²) in [5, 5.41) is 0.755. The van der Waals surface area contributed by atoms with E-state index in [-0.39, 0.29) is 6.09 Å². The summed E-state index contributed by atoms with van der Waals surface area (Å²) >= 11 is 6.28. The second-order valence-corrected chi connectivity index (χ2v) is 5.50. The Balaban J connectivity index is 1.87. The monoisotopic (exact) mass is 311 g/mol. The number of amides is 1. The molecule has 1 saturated heterocycles. The lowest BCUT2D eigenvalue weighted by Crippen LogP contribution is -2.48. The predicted molar refractivity (Wildman–Crippen MR) is 83.2 cm³/mol. The first-order chi connectivity index (χ1) is 10.1. The van der Waals surface area contributed by atoms with Crippen LogP contribution >= 0.6 is 11.6 Å². The van der Waals surface area contributed by atoms with Crippen LogP contribution in [0.3, 0.4) is 0 Å². The van der Waals surface area contributed by atoms with Crippen molar-refractivity contribution in [2.75, 3.05) is 32.8 Å². The van der Waals surface area contributed by atoms with Gasteiger partial charge in [-0.15, -0.1) is 0 Å². The minimum atomic E-state index is -0.220. The van der Waals surface area contributed by atoms with Gasteiger partial charge in [0.15, 0.2) is 0 Å². The van der Waals surface area contributed by atoms with Gasteiger partial charge in [0.25, 0.3) is 0 Å². The summed E-state index contributed by atoms with van der Waals surface area (Å²) in [4.78, 5) is 15.7. The van der Waals surface area contributed by atoms with Crippen LogP contribution in [0.2, 0.25) is 5.02 Å². The second kappa shape index (κ2) is 7.64. The SMILES string of the molecule is CCOC(=O)N1CCN(Cc2ccc(CN)cc2Cl)CC1. The third-order valence-electron chi connectivity index (χ3n) is 3.65. The van der Waals surface area contributed by atoms with E-state index in [1.807, 2.05) is 25.1 Å². The molecule has 5 nitrogen and oxygen atoms in total. The van der Waals surface area contributed by atoms with Gasteiger partial charge >= 0.3 is 6.09 Å². The topological polar surface area (TPSA) is 58.8 Å². The van der Waals surface area contributed by atoms with E-state index < -0.39 is 0 Å². The maximum atomic E-state index is 11.6. The fourth-order valence-corrected chi connectivity index (χ4v) is 2.65. The van der Waals surface area contributed by atoms with Crippen molar-refractivity contribution in [3.05, 3.63) is 34.3 Å². The molecular formula is C15H22ClN3O2. The zero-order valence-electron chi connectivity index (χ0n) is 12.3. The molecule has 2 N–H and O–H groups in total. The first-order valence-electron chi connectivity index (χ1n) is 7.25. The molecule has 0 unspecified atom stereocenters. The molecule has 21 heavy (non-hydrogen) atoms. The zero-order valence-corrected chi connectivity index (χ0v) is 13.1. The van der Waals surface area contributed by atoms with Crippen LogP contribution in [0.1, 0.15) is 18.1 Å². The Bertz CT molecular complexity index is 488. The highest BCUT2D eigenvalue weighted by Crippen LogP contribution is 2.20. The fraction of sp³-hybridized carbons (Fsp3) is 0.533. The summed E-state index contributed by atoms with van der Waals surface area (Å²) in [6.45, 7) is 6.57. The van der Waals surface area contributed by atoms with Gasteiger partial charge in [-0.3, -0.25) is 4.90 Å². The molecule has 1 heterocycles. The number of halogens is 1. The van der Waals surface area contributed by atoms with Crippen LogP contribution in [0.15, 0.2) is 18.2 Å². The average molecular weight is 312 g/mol. The van der Waals surface area contributed by atoms with E-state index in [2.05, 4.69) is 4.90 Å². The number of benzene rings is 1. The minimum absolute atomic E-state index is 0.220. The molecule has 0 aromatic heterocycles. The van der Waals surface area contributed by atoms with E-state index in [1.54, 1.807) is 4.90 Å². The van der Waals surface area contributed by atoms with Crippen molar-refractivity contribution in [2.45, 2.75) is 20.0 Å². The molecule has 1 aromatic rings. The van der Waals surface area contributed by atoms with E-state index in [1.165, 1.54) is 0 Å². The van der Waals surface area contributed by atoms with Crippen LogP contribution in [-0.2, 0) is 17.8 Å². The molecule has 1 fully saturated rings. The summed E-state index contributed by atoms with van der Waals surface area (Å²) in [6.07, 6.45) is -0.220. The van der Waals surface area contributed by atoms with Crippen molar-refractivity contribution in [1.82, 2.24) is 9.80 Å². The van der Waals surface area contributed by atoms with Gasteiger partial charge in [-0.2, -0.15) is 0 Å². The maximum absolute atomic E-state index is 11.6. The second-order valence-electron chi connectivity index (χ2n) is 5.09. The zero-order chi connectivity index (χ0) is 15.2. The number of nitrogens with zero attached hydrogens (tertiary/aromatic N) is 2. The van der Waals surface area contributed by atoms with Gasteiger partial charge in [0.1, 0.15) is 0 Å². The Morgan fingerprint density at radius 1 is 1.33 bits per heavy atom. The molecule has 1 amide bonds. The maximum Gasteiger partial charge on any atom is 0.409 e. The number of nitrogens with two attached hydrogens (primary N) is 1. The predicted octanol–water partition coefficient (Wildman–Crippen LogP) is 2.07. The van der Waals surface area contributed by atoms with E-state index in [4.69, 9.17) is 22.1 Å². The highest BCUT2D eigenvalue weighted by molar-refractivity contribution is 6.31. The summed E-state index contributed by atoms with van der Waals surface area (Å²) in [5.41, 5.74) is 7.74. The average Bonchev–Trinajstić information content (AvgIpc) is 2.50. The Kier molecular flexibility index (Phi) is 5.85. The van der Waals surface area contributed by atoms with Crippen LogP contribution in [0.5, 0.6) is 0 Å². The lowest BCUT2D eigenvalue weighted by Gasteiger charge is -2.34. The highest BCUT2D eigenvalue weighted by atomic mass is 35.5. The van der Waals surface area contributed by atoms with E-state index >= 15 is 0 Å². The van der Waals surface area contributed by atoms with Crippen molar-refractivity contribution < 1.29 is 9.53 Å². The number of carbonyl (C=O) groups is 1. The van der Waals surface area contributed by atoms with Crippen LogP contribution in [0.25, 0.3) is 0 Å². The van der Waals surface area contributed by atoms with Crippen molar-refractivity contribution in [3.63, 3.8) is 0 Å². The van der Waals surface area contributed by atoms with Gasteiger partial charge in [0.05, 0.1) is 6.61 Å². The highest BCUT2D eigenvalue weighted by Gasteiger charge is 2.22. The number of carbonyl (C=O) groups excluding carboxylic acids is 1. The Hall–Kier alpha value is -1.30. The molecule has 0 radical (unpaired) electrons. The third-order valence-corrected chi connectivity index (χ3v) is 4.00. The van der Waals surface area contributed by atoms with Gasteiger partial charge in [0, 0.05) is 44.3 Å². The Morgan fingerprint density at radius 2 is 2.05 bits per heavy atom. The standard InChI is InChI=1S/C15H22ClN3O2/c1-2-21-15(20)19-7-5-18(6-8-19)11-13-4-3-12(10-17)9-14(13)16/h3-4,9H,2,5-8,10-11,17H2,1H3. The van der Waals surface area contributed by atoms with Gasteiger partial charge in [0.2, 0.25) is 0 Å². The van der Waals surface area contributed by atoms with E-state index in [0.717, 1.165) is 35.8 Å². The number of piperazine rings is 1. The molecular weight excluding hydrogens is 290 g/mol. The molecule has 0 saturated carbocycles. The van der Waals surface area contributed by atoms with Gasteiger partial charge in [-0.05, 0) is 24.1 Å². The first-order valence-corrected chi connectivity index (χ1v) is 7.63. The molecule has 1 aliphatic rings. The molecule has 6 heteroatoms. The molecule has 1 aliphatic heterocycles. The number of rotatable bonds is 4. The minimum Gasteiger partial charge on any atom is -0.450 e. The molecule has 2 rings (SSSR count). The Morgan fingerprint density at radius 3 is 2.62 bits per heavy atom. The summed E-state index contributed by atoms with van der Waals surface area (Å²) in [6, 6.07) is 5.96. The summed E-state index contributed by atoms with van der Waals surface area (Å²) in [5.74, 6) is 0. The van der Waals surface area contributed by atoms with Gasteiger partial charge < -0.3 is 15.4 Å². The lowest BCUT2D eigenvalue weighted by atomic mass is 10.1. The largest absolute Gasteiger partial charge is 0.450 e. The normalized spacial score (nSPS) is 16.0. The smallest absolute Gasteiger partial charge is 0.409 e. The van der Waals surface area contributed by atoms with Crippen molar-refractivity contribution >= 4 is 17.7 Å². The number of ether oxygens (including phenoxy) is 1. The quantitative estimate of drug-likeness (QED) is 0.925. The van der Waals surface area contributed by atoms with Crippen molar-refractivity contribution in [3.8, 4) is 0 Å². The van der Waals surface area contributed by atoms with Gasteiger partial charge in [-0.25, -0.2) is 4.79 Å². The van der Waals surface area contributed by atoms with Crippen LogP contribution < -0.4 is 5.73 Å². The first kappa shape index (κ1) is 16.1. The molecule has 1 aromatic carbocycles. The van der Waals surface area contributed by atoms with Crippen LogP contribution in [0, 0.1) is 0 Å². The third kappa shape index (κ3) is 4.33. The number of hydrogen-bond acceptors (Lipinski definition) is 4. The lowest BCUT2D eigenvalue weighted by molar-refractivity contribution is 0.0778. The Labute approximate surface area is 130 Å². The summed E-state index contributed by atoms with van der Waals surface area (Å²) in [7, 11) is 0. The summed E-state index contributed by atoms with van der Waals surface area (Å²) < 4.78 is 5.02. The molecule has 0 bridgehead atoms. The molecule has 0 aliphatic carbocycles. The van der Waals surface area contributed by atoms with Gasteiger partial charge in [-0.1, -0.05) is 23.7 Å². The van der Waals surface area contributed by atoms with Crippen molar-refractivity contribution in [1.29, 1.82) is 0 Å². The molecule has 116 valence electrons. The van der Waals surface area contributed by atoms with E-state index in [0.29, 0.717) is 26.2 Å². The van der Waals surface area contributed by atoms with Crippen LogP contribution in [0.4, 0.5) is 4.79 Å².